The van der Waals surface area contributed by atoms with Crippen LogP contribution in [0.4, 0.5) is 4.79 Å². The summed E-state index contributed by atoms with van der Waals surface area (Å²) in [6, 6.07) is -1.29. The molecule has 0 bridgehead atoms. The first kappa shape index (κ1) is 9.50. The van der Waals surface area contributed by atoms with Gasteiger partial charge in [-0.15, -0.1) is 0 Å². The van der Waals surface area contributed by atoms with Crippen LogP contribution in [0, 0.1) is 0 Å². The number of esters is 1. The smallest absolute Gasteiger partial charge is 0.330 e. The van der Waals surface area contributed by atoms with Crippen molar-refractivity contribution in [3.8, 4) is 0 Å². The lowest BCUT2D eigenvalue weighted by Crippen LogP contribution is -2.35. The van der Waals surface area contributed by atoms with Gasteiger partial charge in [0.05, 0.1) is 13.7 Å². The highest BCUT2D eigenvalue weighted by atomic mass is 16.5. The van der Waals surface area contributed by atoms with Crippen LogP contribution < -0.4 is 5.32 Å². The number of ether oxygens (including phenoxy) is 1. The molecule has 0 aromatic carbocycles. The molecule has 0 aliphatic carbocycles. The zero-order valence-corrected chi connectivity index (χ0v) is 7.36. The molecule has 1 aliphatic rings. The van der Waals surface area contributed by atoms with Crippen LogP contribution in [0.5, 0.6) is 0 Å². The van der Waals surface area contributed by atoms with E-state index in [1.54, 1.807) is 0 Å². The van der Waals surface area contributed by atoms with Crippen molar-refractivity contribution in [1.29, 1.82) is 0 Å². The van der Waals surface area contributed by atoms with E-state index in [2.05, 4.69) is 10.1 Å². The highest BCUT2D eigenvalue weighted by Gasteiger charge is 2.36. The molecular formula is C7H10N2O4. The molecule has 0 saturated carbocycles. The zero-order valence-electron chi connectivity index (χ0n) is 7.36. The van der Waals surface area contributed by atoms with Crippen LogP contribution in [0.1, 0.15) is 6.92 Å². The van der Waals surface area contributed by atoms with Crippen molar-refractivity contribution in [2.24, 2.45) is 0 Å². The first-order valence-corrected chi connectivity index (χ1v) is 3.72. The second-order valence-electron chi connectivity index (χ2n) is 2.65. The van der Waals surface area contributed by atoms with Crippen molar-refractivity contribution < 1.29 is 19.1 Å². The van der Waals surface area contributed by atoms with E-state index >= 15 is 0 Å². The number of nitrogens with zero attached hydrogens (tertiary/aromatic N) is 1. The van der Waals surface area contributed by atoms with E-state index in [1.165, 1.54) is 14.0 Å². The maximum absolute atomic E-state index is 11.0. The number of rotatable bonds is 1. The summed E-state index contributed by atoms with van der Waals surface area (Å²) in [5, 5.41) is 2.33. The number of hydrogen-bond donors (Lipinski definition) is 1. The molecule has 1 aliphatic heterocycles. The van der Waals surface area contributed by atoms with Gasteiger partial charge < -0.3 is 10.1 Å². The van der Waals surface area contributed by atoms with Crippen LogP contribution in [-0.2, 0) is 14.3 Å². The van der Waals surface area contributed by atoms with E-state index in [-0.39, 0.29) is 12.5 Å². The Hall–Kier alpha value is -1.59. The molecule has 0 spiro atoms. The monoisotopic (exact) mass is 186 g/mol. The summed E-state index contributed by atoms with van der Waals surface area (Å²) < 4.78 is 4.42. The number of carbonyl (C=O) groups excluding carboxylic acids is 3. The molecule has 0 aromatic rings. The van der Waals surface area contributed by atoms with Gasteiger partial charge in [0.15, 0.2) is 0 Å². The summed E-state index contributed by atoms with van der Waals surface area (Å²) >= 11 is 0. The normalized spacial score (nSPS) is 21.2. The molecule has 1 N–H and O–H groups in total. The van der Waals surface area contributed by atoms with Gasteiger partial charge in [0.25, 0.3) is 0 Å². The van der Waals surface area contributed by atoms with E-state index in [0.717, 1.165) is 4.90 Å². The van der Waals surface area contributed by atoms with Gasteiger partial charge in [-0.2, -0.15) is 0 Å². The highest BCUT2D eigenvalue weighted by Crippen LogP contribution is 2.05. The second-order valence-corrected chi connectivity index (χ2v) is 2.65. The van der Waals surface area contributed by atoms with Crippen molar-refractivity contribution in [3.63, 3.8) is 0 Å². The van der Waals surface area contributed by atoms with Crippen LogP contribution in [0.25, 0.3) is 0 Å². The molecule has 0 radical (unpaired) electrons. The fraction of sp³-hybridized carbons (Fsp3) is 0.571. The lowest BCUT2D eigenvalue weighted by Gasteiger charge is -2.07. The molecule has 1 saturated heterocycles. The molecule has 6 heteroatoms. The minimum atomic E-state index is -0.735. The van der Waals surface area contributed by atoms with E-state index < -0.39 is 18.0 Å². The number of imide groups is 1. The van der Waals surface area contributed by atoms with E-state index in [9.17, 15) is 14.4 Å². The SMILES string of the molecule is COC(=O)C1CN(C(C)=O)C(=O)N1. The Kier molecular flexibility index (Phi) is 2.50. The molecule has 72 valence electrons. The number of nitrogens with one attached hydrogen (secondary N) is 1. The third-order valence-corrected chi connectivity index (χ3v) is 1.77. The van der Waals surface area contributed by atoms with E-state index in [0.29, 0.717) is 0 Å². The number of hydrogen-bond acceptors (Lipinski definition) is 4. The van der Waals surface area contributed by atoms with Crippen molar-refractivity contribution in [2.75, 3.05) is 13.7 Å². The minimum Gasteiger partial charge on any atom is -0.467 e. The quantitative estimate of drug-likeness (QED) is 0.538. The van der Waals surface area contributed by atoms with E-state index in [4.69, 9.17) is 0 Å². The van der Waals surface area contributed by atoms with Crippen molar-refractivity contribution >= 4 is 17.9 Å². The fourth-order valence-electron chi connectivity index (χ4n) is 1.09. The van der Waals surface area contributed by atoms with Gasteiger partial charge in [-0.3, -0.25) is 9.69 Å². The summed E-state index contributed by atoms with van der Waals surface area (Å²) in [6.07, 6.45) is 0. The summed E-state index contributed by atoms with van der Waals surface area (Å²) in [5.74, 6) is -0.930. The lowest BCUT2D eigenvalue weighted by molar-refractivity contribution is -0.142. The summed E-state index contributed by atoms with van der Waals surface area (Å²) in [7, 11) is 1.23. The molecule has 13 heavy (non-hydrogen) atoms. The molecule has 0 aromatic heterocycles. The van der Waals surface area contributed by atoms with Gasteiger partial charge in [-0.05, 0) is 0 Å². The van der Waals surface area contributed by atoms with Crippen LogP contribution in [0.2, 0.25) is 0 Å². The zero-order chi connectivity index (χ0) is 10.0. The van der Waals surface area contributed by atoms with Gasteiger partial charge >= 0.3 is 12.0 Å². The average molecular weight is 186 g/mol. The van der Waals surface area contributed by atoms with Gasteiger partial charge in [0.2, 0.25) is 5.91 Å². The Balaban J connectivity index is 2.65. The van der Waals surface area contributed by atoms with Gasteiger partial charge in [0, 0.05) is 6.92 Å². The Morgan fingerprint density at radius 2 is 2.23 bits per heavy atom. The molecule has 3 amide bonds. The Morgan fingerprint density at radius 1 is 1.62 bits per heavy atom. The number of carbonyl (C=O) groups is 3. The Bertz CT molecular complexity index is 263. The average Bonchev–Trinajstić information content (AvgIpc) is 2.46. The van der Waals surface area contributed by atoms with Crippen LogP contribution in [0.3, 0.4) is 0 Å². The topological polar surface area (TPSA) is 75.7 Å². The predicted octanol–water partition coefficient (Wildman–Crippen LogP) is -0.900. The lowest BCUT2D eigenvalue weighted by atomic mass is 10.3. The molecule has 1 heterocycles. The largest absolute Gasteiger partial charge is 0.467 e. The van der Waals surface area contributed by atoms with Crippen molar-refractivity contribution in [2.45, 2.75) is 13.0 Å². The Morgan fingerprint density at radius 3 is 2.62 bits per heavy atom. The maximum atomic E-state index is 11.0. The molecule has 1 fully saturated rings. The molecular weight excluding hydrogens is 176 g/mol. The standard InChI is InChI=1S/C7H10N2O4/c1-4(10)9-3-5(6(11)13-2)8-7(9)12/h5H,3H2,1-2H3,(H,8,12). The minimum absolute atomic E-state index is 0.0425. The summed E-state index contributed by atoms with van der Waals surface area (Å²) in [4.78, 5) is 33.8. The molecule has 6 nitrogen and oxygen atoms in total. The molecule has 1 atom stereocenters. The van der Waals surface area contributed by atoms with Gasteiger partial charge in [-0.25, -0.2) is 9.59 Å². The van der Waals surface area contributed by atoms with E-state index in [1.807, 2.05) is 0 Å². The van der Waals surface area contributed by atoms with Crippen molar-refractivity contribution in [1.82, 2.24) is 10.2 Å². The fourth-order valence-corrected chi connectivity index (χ4v) is 1.09. The third-order valence-electron chi connectivity index (χ3n) is 1.77. The van der Waals surface area contributed by atoms with Crippen LogP contribution >= 0.6 is 0 Å². The first-order valence-electron chi connectivity index (χ1n) is 3.72. The maximum Gasteiger partial charge on any atom is 0.330 e. The number of urea groups is 1. The van der Waals surface area contributed by atoms with Gasteiger partial charge in [-0.1, -0.05) is 0 Å². The number of amides is 3. The summed E-state index contributed by atoms with van der Waals surface area (Å²) in [5.41, 5.74) is 0. The molecule has 1 unspecified atom stereocenters. The van der Waals surface area contributed by atoms with Gasteiger partial charge in [0.1, 0.15) is 6.04 Å². The second kappa shape index (κ2) is 3.42. The predicted molar refractivity (Wildman–Crippen MR) is 41.7 cm³/mol. The number of methoxy groups -OCH3 is 1. The van der Waals surface area contributed by atoms with Crippen LogP contribution in [-0.4, -0.2) is 42.5 Å². The first-order chi connectivity index (χ1) is 6.06. The third kappa shape index (κ3) is 1.77. The highest BCUT2D eigenvalue weighted by molar-refractivity contribution is 5.98. The molecule has 1 rings (SSSR count). The Labute approximate surface area is 74.8 Å². The van der Waals surface area contributed by atoms with Crippen LogP contribution in [0.15, 0.2) is 0 Å². The summed E-state index contributed by atoms with van der Waals surface area (Å²) in [6.45, 7) is 1.31. The van der Waals surface area contributed by atoms with Crippen molar-refractivity contribution in [3.05, 3.63) is 0 Å².